The Hall–Kier alpha value is -3.48. The first kappa shape index (κ1) is 19.3. The van der Waals surface area contributed by atoms with Crippen LogP contribution in [0.15, 0.2) is 36.7 Å². The molecule has 0 saturated heterocycles. The van der Waals surface area contributed by atoms with Gasteiger partial charge in [0.15, 0.2) is 0 Å². The van der Waals surface area contributed by atoms with Crippen molar-refractivity contribution in [2.24, 2.45) is 0 Å². The second-order valence-electron chi connectivity index (χ2n) is 6.81. The maximum absolute atomic E-state index is 8.28. The van der Waals surface area contributed by atoms with Gasteiger partial charge in [-0.05, 0) is 64.4 Å². The molecule has 0 aromatic carbocycles. The largest absolute Gasteiger partial charge is 0.338 e. The summed E-state index contributed by atoms with van der Waals surface area (Å²) in [6.07, 6.45) is 3.55. The third kappa shape index (κ3) is 4.25. The number of nitrogens with zero attached hydrogens (tertiary/aromatic N) is 3. The van der Waals surface area contributed by atoms with Crippen LogP contribution >= 0.6 is 0 Å². The lowest BCUT2D eigenvalue weighted by Crippen LogP contribution is -2.16. The number of anilines is 4. The smallest absolute Gasteiger partial charge is 0.141 e. The molecular formula is C21H25N7. The van der Waals surface area contributed by atoms with Gasteiger partial charge in [-0.15, -0.1) is 0 Å². The van der Waals surface area contributed by atoms with Crippen molar-refractivity contribution in [2.45, 2.75) is 34.6 Å². The normalized spacial score (nSPS) is 10.5. The van der Waals surface area contributed by atoms with Gasteiger partial charge in [0.2, 0.25) is 0 Å². The Bertz CT molecular complexity index is 990. The van der Waals surface area contributed by atoms with Crippen LogP contribution in [-0.2, 0) is 0 Å². The number of hydrogen-bond donors (Lipinski definition) is 4. The first-order valence-electron chi connectivity index (χ1n) is 9.06. The van der Waals surface area contributed by atoms with Crippen molar-refractivity contribution in [2.75, 3.05) is 16.2 Å². The van der Waals surface area contributed by atoms with E-state index in [0.717, 1.165) is 39.7 Å². The molecule has 0 atom stereocenters. The van der Waals surface area contributed by atoms with E-state index in [9.17, 15) is 0 Å². The lowest BCUT2D eigenvalue weighted by molar-refractivity contribution is 1.15. The molecule has 0 spiro atoms. The number of aromatic nitrogens is 3. The summed E-state index contributed by atoms with van der Waals surface area (Å²) in [6, 6.07) is 7.75. The predicted molar refractivity (Wildman–Crippen MR) is 115 cm³/mol. The molecule has 3 aromatic heterocycles. The number of hydrogen-bond acceptors (Lipinski definition) is 7. The minimum Gasteiger partial charge on any atom is -0.338 e. The number of aryl methyl sites for hydroxylation is 4. The van der Waals surface area contributed by atoms with Gasteiger partial charge < -0.3 is 10.7 Å². The van der Waals surface area contributed by atoms with Crippen molar-refractivity contribution in [3.05, 3.63) is 64.9 Å². The third-order valence-electron chi connectivity index (χ3n) is 4.37. The maximum atomic E-state index is 8.28. The standard InChI is InChI=1S/C21H25N7/c1-12-8-9-23-16(5)20(12)28-27-18-10-14(3)25-21(19(18)15(4)22)26-17-7-6-13(2)24-11-17/h6-11,22,28H,1-5H3,(H2,25,26,27). The topological polar surface area (TPSA) is 98.6 Å². The minimum absolute atomic E-state index is 0.402. The Kier molecular flexibility index (Phi) is 5.54. The Balaban J connectivity index is 1.95. The zero-order chi connectivity index (χ0) is 20.3. The second-order valence-corrected chi connectivity index (χ2v) is 6.81. The zero-order valence-corrected chi connectivity index (χ0v) is 16.8. The van der Waals surface area contributed by atoms with E-state index in [1.165, 1.54) is 0 Å². The van der Waals surface area contributed by atoms with Crippen LogP contribution in [0.3, 0.4) is 0 Å². The van der Waals surface area contributed by atoms with Crippen LogP contribution in [0, 0.1) is 33.1 Å². The van der Waals surface area contributed by atoms with Gasteiger partial charge in [-0.25, -0.2) is 4.98 Å². The molecule has 0 bridgehead atoms. The summed E-state index contributed by atoms with van der Waals surface area (Å²) in [4.78, 5) is 13.2. The molecule has 4 N–H and O–H groups in total. The van der Waals surface area contributed by atoms with Gasteiger partial charge in [0, 0.05) is 23.3 Å². The summed E-state index contributed by atoms with van der Waals surface area (Å²) in [7, 11) is 0. The average Bonchev–Trinajstić information content (AvgIpc) is 2.62. The molecule has 7 nitrogen and oxygen atoms in total. The fourth-order valence-corrected chi connectivity index (χ4v) is 2.93. The van der Waals surface area contributed by atoms with Gasteiger partial charge in [-0.2, -0.15) is 0 Å². The number of rotatable bonds is 6. The molecule has 0 unspecified atom stereocenters. The number of pyridine rings is 3. The van der Waals surface area contributed by atoms with Gasteiger partial charge in [0.1, 0.15) is 5.82 Å². The Morgan fingerprint density at radius 1 is 0.964 bits per heavy atom. The molecule has 0 aliphatic rings. The summed E-state index contributed by atoms with van der Waals surface area (Å²) < 4.78 is 0. The van der Waals surface area contributed by atoms with Crippen LogP contribution in [0.25, 0.3) is 0 Å². The molecule has 0 aliphatic heterocycles. The van der Waals surface area contributed by atoms with E-state index >= 15 is 0 Å². The van der Waals surface area contributed by atoms with E-state index in [0.29, 0.717) is 17.1 Å². The highest BCUT2D eigenvalue weighted by Gasteiger charge is 2.15. The zero-order valence-electron chi connectivity index (χ0n) is 16.8. The fraction of sp³-hybridized carbons (Fsp3) is 0.238. The maximum Gasteiger partial charge on any atom is 0.141 e. The number of hydrazine groups is 1. The SMILES string of the molecule is CC(=N)c1c(NNc2c(C)ccnc2C)cc(C)nc1Nc1ccc(C)nc1. The molecule has 0 fully saturated rings. The Labute approximate surface area is 165 Å². The molecule has 3 aromatic rings. The van der Waals surface area contributed by atoms with Crippen molar-refractivity contribution in [1.29, 1.82) is 5.41 Å². The summed E-state index contributed by atoms with van der Waals surface area (Å²) in [5.74, 6) is 0.613. The van der Waals surface area contributed by atoms with E-state index in [1.807, 2.05) is 52.0 Å². The van der Waals surface area contributed by atoms with Crippen molar-refractivity contribution in [3.8, 4) is 0 Å². The fourth-order valence-electron chi connectivity index (χ4n) is 2.93. The van der Waals surface area contributed by atoms with Crippen molar-refractivity contribution in [3.63, 3.8) is 0 Å². The van der Waals surface area contributed by atoms with Crippen LogP contribution < -0.4 is 16.2 Å². The highest BCUT2D eigenvalue weighted by molar-refractivity contribution is 6.06. The van der Waals surface area contributed by atoms with Gasteiger partial charge in [0.05, 0.1) is 34.5 Å². The molecule has 0 saturated carbocycles. The van der Waals surface area contributed by atoms with Crippen LogP contribution in [0.5, 0.6) is 0 Å². The third-order valence-corrected chi connectivity index (χ3v) is 4.37. The van der Waals surface area contributed by atoms with Crippen molar-refractivity contribution >= 4 is 28.6 Å². The molecular weight excluding hydrogens is 350 g/mol. The van der Waals surface area contributed by atoms with E-state index in [1.54, 1.807) is 19.3 Å². The monoisotopic (exact) mass is 375 g/mol. The van der Waals surface area contributed by atoms with Crippen LogP contribution in [0.4, 0.5) is 22.9 Å². The molecule has 0 radical (unpaired) electrons. The average molecular weight is 375 g/mol. The van der Waals surface area contributed by atoms with E-state index in [-0.39, 0.29) is 0 Å². The van der Waals surface area contributed by atoms with E-state index in [4.69, 9.17) is 5.41 Å². The lowest BCUT2D eigenvalue weighted by Gasteiger charge is -2.19. The van der Waals surface area contributed by atoms with Crippen LogP contribution in [0.2, 0.25) is 0 Å². The molecule has 28 heavy (non-hydrogen) atoms. The summed E-state index contributed by atoms with van der Waals surface area (Å²) >= 11 is 0. The summed E-state index contributed by atoms with van der Waals surface area (Å²) in [6.45, 7) is 9.59. The number of nitrogens with one attached hydrogen (secondary N) is 4. The first-order chi connectivity index (χ1) is 13.3. The molecule has 7 heteroatoms. The lowest BCUT2D eigenvalue weighted by atomic mass is 10.1. The van der Waals surface area contributed by atoms with Gasteiger partial charge >= 0.3 is 0 Å². The van der Waals surface area contributed by atoms with Crippen molar-refractivity contribution in [1.82, 2.24) is 15.0 Å². The summed E-state index contributed by atoms with van der Waals surface area (Å²) in [5, 5.41) is 11.6. The van der Waals surface area contributed by atoms with Gasteiger partial charge in [0.25, 0.3) is 0 Å². The summed E-state index contributed by atoms with van der Waals surface area (Å²) in [5.41, 5.74) is 13.8. The van der Waals surface area contributed by atoms with Crippen LogP contribution in [0.1, 0.15) is 35.1 Å². The molecule has 3 heterocycles. The van der Waals surface area contributed by atoms with E-state index < -0.39 is 0 Å². The minimum atomic E-state index is 0.402. The second kappa shape index (κ2) is 8.04. The quantitative estimate of drug-likeness (QED) is 0.369. The van der Waals surface area contributed by atoms with Gasteiger partial charge in [-0.1, -0.05) is 0 Å². The van der Waals surface area contributed by atoms with Crippen molar-refractivity contribution < 1.29 is 0 Å². The highest BCUT2D eigenvalue weighted by Crippen LogP contribution is 2.28. The van der Waals surface area contributed by atoms with Crippen LogP contribution in [-0.4, -0.2) is 20.7 Å². The van der Waals surface area contributed by atoms with Gasteiger partial charge in [-0.3, -0.25) is 20.8 Å². The molecule has 144 valence electrons. The highest BCUT2D eigenvalue weighted by atomic mass is 15.4. The molecule has 0 amide bonds. The Morgan fingerprint density at radius 3 is 2.39 bits per heavy atom. The Morgan fingerprint density at radius 2 is 1.75 bits per heavy atom. The molecule has 0 aliphatic carbocycles. The van der Waals surface area contributed by atoms with E-state index in [2.05, 4.69) is 31.1 Å². The molecule has 3 rings (SSSR count). The predicted octanol–water partition coefficient (Wildman–Crippen LogP) is 4.68. The first-order valence-corrected chi connectivity index (χ1v) is 9.06.